The maximum atomic E-state index is 11.2. The predicted octanol–water partition coefficient (Wildman–Crippen LogP) is 1.19. The molecule has 5 heteroatoms. The van der Waals surface area contributed by atoms with Crippen LogP contribution in [0.1, 0.15) is 11.1 Å². The quantitative estimate of drug-likeness (QED) is 0.748. The van der Waals surface area contributed by atoms with Crippen molar-refractivity contribution in [1.29, 1.82) is 0 Å². The number of nitrogen functional groups attached to an aromatic ring is 1. The number of amides is 1. The molecule has 4 N–H and O–H groups in total. The molecule has 0 spiro atoms. The lowest BCUT2D eigenvalue weighted by atomic mass is 10.1. The van der Waals surface area contributed by atoms with Gasteiger partial charge in [0.05, 0.1) is 6.54 Å². The van der Waals surface area contributed by atoms with Gasteiger partial charge in [-0.3, -0.25) is 14.7 Å². The van der Waals surface area contributed by atoms with E-state index in [9.17, 15) is 4.79 Å². The summed E-state index contributed by atoms with van der Waals surface area (Å²) in [5, 5.41) is 0. The van der Waals surface area contributed by atoms with Gasteiger partial charge in [0, 0.05) is 31.2 Å². The van der Waals surface area contributed by atoms with Crippen molar-refractivity contribution >= 4 is 11.6 Å². The Balaban J connectivity index is 1.97. The van der Waals surface area contributed by atoms with E-state index in [4.69, 9.17) is 11.5 Å². The maximum Gasteiger partial charge on any atom is 0.231 e. The lowest BCUT2D eigenvalue weighted by Crippen LogP contribution is -2.34. The van der Waals surface area contributed by atoms with E-state index in [0.717, 1.165) is 24.2 Å². The second-order valence-corrected chi connectivity index (χ2v) is 5.02. The van der Waals surface area contributed by atoms with Crippen molar-refractivity contribution in [2.45, 2.75) is 13.0 Å². The van der Waals surface area contributed by atoms with Crippen LogP contribution < -0.4 is 11.5 Å². The molecule has 0 bridgehead atoms. The van der Waals surface area contributed by atoms with Gasteiger partial charge in [0.2, 0.25) is 5.91 Å². The average molecular weight is 284 g/mol. The Bertz CT molecular complexity index is 569. The normalized spacial score (nSPS) is 10.7. The number of carbonyl (C=O) groups is 1. The highest BCUT2D eigenvalue weighted by Gasteiger charge is 2.09. The molecular formula is C16H20N4O. The molecule has 1 aromatic carbocycles. The molecule has 0 saturated heterocycles. The van der Waals surface area contributed by atoms with Crippen molar-refractivity contribution in [3.05, 3.63) is 59.9 Å². The smallest absolute Gasteiger partial charge is 0.231 e. The molecule has 0 fully saturated rings. The Hall–Kier alpha value is -2.40. The van der Waals surface area contributed by atoms with Gasteiger partial charge < -0.3 is 11.5 Å². The summed E-state index contributed by atoms with van der Waals surface area (Å²) in [5.41, 5.74) is 14.0. The second-order valence-electron chi connectivity index (χ2n) is 5.02. The lowest BCUT2D eigenvalue weighted by Gasteiger charge is -2.21. The Morgan fingerprint density at radius 1 is 1.05 bits per heavy atom. The SMILES string of the molecule is NC(=O)CN(CCc1ccncc1)Cc1ccc(N)cc1. The van der Waals surface area contributed by atoms with Crippen LogP contribution in [0, 0.1) is 0 Å². The molecule has 1 amide bonds. The zero-order valence-corrected chi connectivity index (χ0v) is 11.9. The number of pyridine rings is 1. The standard InChI is InChI=1S/C16H20N4O/c17-15-3-1-14(2-4-15)11-20(12-16(18)21)10-7-13-5-8-19-9-6-13/h1-6,8-9H,7,10-12,17H2,(H2,18,21). The topological polar surface area (TPSA) is 85.2 Å². The summed E-state index contributed by atoms with van der Waals surface area (Å²) in [6, 6.07) is 11.6. The Morgan fingerprint density at radius 2 is 1.71 bits per heavy atom. The number of nitrogens with two attached hydrogens (primary N) is 2. The van der Waals surface area contributed by atoms with E-state index in [1.165, 1.54) is 5.56 Å². The summed E-state index contributed by atoms with van der Waals surface area (Å²) in [7, 11) is 0. The molecule has 21 heavy (non-hydrogen) atoms. The van der Waals surface area contributed by atoms with Gasteiger partial charge in [-0.05, 0) is 41.8 Å². The summed E-state index contributed by atoms with van der Waals surface area (Å²) in [4.78, 5) is 17.2. The first-order chi connectivity index (χ1) is 10.1. The van der Waals surface area contributed by atoms with Gasteiger partial charge in [-0.25, -0.2) is 0 Å². The van der Waals surface area contributed by atoms with Crippen LogP contribution in [-0.2, 0) is 17.8 Å². The molecular weight excluding hydrogens is 264 g/mol. The predicted molar refractivity (Wildman–Crippen MR) is 83.3 cm³/mol. The molecule has 110 valence electrons. The summed E-state index contributed by atoms with van der Waals surface area (Å²) < 4.78 is 0. The number of hydrogen-bond acceptors (Lipinski definition) is 4. The molecule has 0 radical (unpaired) electrons. The summed E-state index contributed by atoms with van der Waals surface area (Å²) in [6.07, 6.45) is 4.40. The number of primary amides is 1. The number of anilines is 1. The van der Waals surface area contributed by atoms with Crippen LogP contribution >= 0.6 is 0 Å². The van der Waals surface area contributed by atoms with Gasteiger partial charge in [-0.1, -0.05) is 12.1 Å². The highest BCUT2D eigenvalue weighted by atomic mass is 16.1. The fraction of sp³-hybridized carbons (Fsp3) is 0.250. The number of nitrogens with zero attached hydrogens (tertiary/aromatic N) is 2. The van der Waals surface area contributed by atoms with Crippen LogP contribution in [0.15, 0.2) is 48.8 Å². The number of rotatable bonds is 7. The highest BCUT2D eigenvalue weighted by molar-refractivity contribution is 5.75. The number of benzene rings is 1. The minimum absolute atomic E-state index is 0.245. The van der Waals surface area contributed by atoms with Gasteiger partial charge in [-0.15, -0.1) is 0 Å². The summed E-state index contributed by atoms with van der Waals surface area (Å²) >= 11 is 0. The van der Waals surface area contributed by atoms with Gasteiger partial charge in [0.15, 0.2) is 0 Å². The van der Waals surface area contributed by atoms with Crippen LogP contribution in [0.3, 0.4) is 0 Å². The van der Waals surface area contributed by atoms with Crippen LogP contribution in [-0.4, -0.2) is 28.9 Å². The number of carbonyl (C=O) groups excluding carboxylic acids is 1. The van der Waals surface area contributed by atoms with E-state index >= 15 is 0 Å². The van der Waals surface area contributed by atoms with Gasteiger partial charge in [0.25, 0.3) is 0 Å². The van der Waals surface area contributed by atoms with Crippen LogP contribution in [0.4, 0.5) is 5.69 Å². The van der Waals surface area contributed by atoms with Crippen molar-refractivity contribution in [1.82, 2.24) is 9.88 Å². The Kier molecular flexibility index (Phi) is 5.29. The molecule has 0 aliphatic carbocycles. The summed E-state index contributed by atoms with van der Waals surface area (Å²) in [6.45, 7) is 1.68. The first-order valence-corrected chi connectivity index (χ1v) is 6.87. The molecule has 1 heterocycles. The fourth-order valence-corrected chi connectivity index (χ4v) is 2.15. The van der Waals surface area contributed by atoms with Gasteiger partial charge in [-0.2, -0.15) is 0 Å². The van der Waals surface area contributed by atoms with E-state index in [0.29, 0.717) is 6.54 Å². The number of hydrogen-bond donors (Lipinski definition) is 2. The summed E-state index contributed by atoms with van der Waals surface area (Å²) in [5.74, 6) is -0.319. The molecule has 0 atom stereocenters. The van der Waals surface area contributed by atoms with Gasteiger partial charge in [0.1, 0.15) is 0 Å². The monoisotopic (exact) mass is 284 g/mol. The second kappa shape index (κ2) is 7.40. The molecule has 0 aliphatic heterocycles. The van der Waals surface area contributed by atoms with Crippen LogP contribution in [0.25, 0.3) is 0 Å². The fourth-order valence-electron chi connectivity index (χ4n) is 2.15. The third-order valence-electron chi connectivity index (χ3n) is 3.23. The van der Waals surface area contributed by atoms with E-state index in [1.807, 2.05) is 41.3 Å². The van der Waals surface area contributed by atoms with Crippen LogP contribution in [0.2, 0.25) is 0 Å². The van der Waals surface area contributed by atoms with Crippen molar-refractivity contribution < 1.29 is 4.79 Å². The number of aromatic nitrogens is 1. The zero-order chi connectivity index (χ0) is 15.1. The Morgan fingerprint density at radius 3 is 2.33 bits per heavy atom. The molecule has 1 aromatic heterocycles. The van der Waals surface area contributed by atoms with Crippen molar-refractivity contribution in [2.24, 2.45) is 5.73 Å². The first kappa shape index (κ1) is 15.0. The van der Waals surface area contributed by atoms with Gasteiger partial charge >= 0.3 is 0 Å². The molecule has 2 rings (SSSR count). The molecule has 2 aromatic rings. The highest BCUT2D eigenvalue weighted by Crippen LogP contribution is 2.09. The average Bonchev–Trinajstić information content (AvgIpc) is 2.48. The zero-order valence-electron chi connectivity index (χ0n) is 11.9. The lowest BCUT2D eigenvalue weighted by molar-refractivity contribution is -0.119. The minimum Gasteiger partial charge on any atom is -0.399 e. The van der Waals surface area contributed by atoms with Crippen molar-refractivity contribution in [3.63, 3.8) is 0 Å². The largest absolute Gasteiger partial charge is 0.399 e. The van der Waals surface area contributed by atoms with Crippen molar-refractivity contribution in [3.8, 4) is 0 Å². The van der Waals surface area contributed by atoms with E-state index in [-0.39, 0.29) is 12.5 Å². The maximum absolute atomic E-state index is 11.2. The third-order valence-corrected chi connectivity index (χ3v) is 3.23. The van der Waals surface area contributed by atoms with E-state index < -0.39 is 0 Å². The minimum atomic E-state index is -0.319. The third kappa shape index (κ3) is 5.24. The first-order valence-electron chi connectivity index (χ1n) is 6.87. The molecule has 0 saturated carbocycles. The Labute approximate surface area is 124 Å². The molecule has 5 nitrogen and oxygen atoms in total. The molecule has 0 unspecified atom stereocenters. The molecule has 0 aliphatic rings. The van der Waals surface area contributed by atoms with Crippen LogP contribution in [0.5, 0.6) is 0 Å². The van der Waals surface area contributed by atoms with Crippen molar-refractivity contribution in [2.75, 3.05) is 18.8 Å². The van der Waals surface area contributed by atoms with E-state index in [1.54, 1.807) is 12.4 Å². The van der Waals surface area contributed by atoms with E-state index in [2.05, 4.69) is 4.98 Å².